The monoisotopic (exact) mass is 320 g/mol. The summed E-state index contributed by atoms with van der Waals surface area (Å²) < 4.78 is 7.24. The average Bonchev–Trinajstić information content (AvgIpc) is 2.87. The second-order valence-corrected chi connectivity index (χ2v) is 5.38. The second kappa shape index (κ2) is 5.96. The zero-order valence-electron chi connectivity index (χ0n) is 11.5. The fourth-order valence-electron chi connectivity index (χ4n) is 2.38. The Morgan fingerprint density at radius 3 is 2.57 bits per heavy atom. The van der Waals surface area contributed by atoms with Crippen LogP contribution >= 0.6 is 23.2 Å². The molecule has 3 nitrogen and oxygen atoms in total. The Kier molecular flexibility index (Phi) is 4.04. The van der Waals surface area contributed by atoms with Crippen LogP contribution in [-0.2, 0) is 12.4 Å². The molecule has 0 fully saturated rings. The van der Waals surface area contributed by atoms with Gasteiger partial charge in [0.1, 0.15) is 11.6 Å². The number of imidazole rings is 1. The van der Waals surface area contributed by atoms with E-state index in [1.807, 2.05) is 42.5 Å². The smallest absolute Gasteiger partial charge is 0.125 e. The summed E-state index contributed by atoms with van der Waals surface area (Å²) in [5.74, 6) is 2.00. The zero-order valence-corrected chi connectivity index (χ0v) is 13.0. The highest BCUT2D eigenvalue weighted by Gasteiger charge is 2.13. The van der Waals surface area contributed by atoms with Crippen LogP contribution in [0.25, 0.3) is 11.0 Å². The predicted octanol–water partition coefficient (Wildman–Crippen LogP) is 4.49. The molecule has 0 unspecified atom stereocenters. The topological polar surface area (TPSA) is 27.1 Å². The van der Waals surface area contributed by atoms with Gasteiger partial charge in [0.25, 0.3) is 0 Å². The molecule has 108 valence electrons. The van der Waals surface area contributed by atoms with Gasteiger partial charge in [-0.25, -0.2) is 4.98 Å². The molecule has 0 bridgehead atoms. The SMILES string of the molecule is COc1ccc(Cn2c(CCl)nc3cccc(Cl)c32)cc1. The number of benzene rings is 2. The van der Waals surface area contributed by atoms with E-state index in [9.17, 15) is 0 Å². The van der Waals surface area contributed by atoms with E-state index in [0.29, 0.717) is 17.4 Å². The maximum Gasteiger partial charge on any atom is 0.125 e. The molecule has 2 aromatic carbocycles. The first-order valence-corrected chi connectivity index (χ1v) is 7.46. The van der Waals surface area contributed by atoms with Gasteiger partial charge >= 0.3 is 0 Å². The zero-order chi connectivity index (χ0) is 14.8. The molecule has 3 aromatic rings. The fourth-order valence-corrected chi connectivity index (χ4v) is 2.85. The largest absolute Gasteiger partial charge is 0.497 e. The van der Waals surface area contributed by atoms with E-state index in [2.05, 4.69) is 9.55 Å². The minimum atomic E-state index is 0.348. The summed E-state index contributed by atoms with van der Waals surface area (Å²) >= 11 is 12.3. The van der Waals surface area contributed by atoms with Gasteiger partial charge < -0.3 is 9.30 Å². The number of nitrogens with zero attached hydrogens (tertiary/aromatic N) is 2. The van der Waals surface area contributed by atoms with Gasteiger partial charge in [-0.3, -0.25) is 0 Å². The molecule has 0 atom stereocenters. The van der Waals surface area contributed by atoms with Crippen molar-refractivity contribution < 1.29 is 4.74 Å². The van der Waals surface area contributed by atoms with Crippen molar-refractivity contribution in [3.05, 3.63) is 58.9 Å². The highest BCUT2D eigenvalue weighted by molar-refractivity contribution is 6.35. The molecule has 5 heteroatoms. The summed E-state index contributed by atoms with van der Waals surface area (Å²) in [4.78, 5) is 4.54. The lowest BCUT2D eigenvalue weighted by Crippen LogP contribution is -2.04. The van der Waals surface area contributed by atoms with Crippen LogP contribution in [0.4, 0.5) is 0 Å². The number of alkyl halides is 1. The third kappa shape index (κ3) is 2.71. The molecule has 0 aliphatic carbocycles. The first kappa shape index (κ1) is 14.2. The summed E-state index contributed by atoms with van der Waals surface area (Å²) in [5.41, 5.74) is 2.93. The molecular weight excluding hydrogens is 307 g/mol. The van der Waals surface area contributed by atoms with Crippen LogP contribution in [0, 0.1) is 0 Å². The van der Waals surface area contributed by atoms with E-state index in [1.54, 1.807) is 7.11 Å². The van der Waals surface area contributed by atoms with Crippen LogP contribution < -0.4 is 4.74 Å². The minimum absolute atomic E-state index is 0.348. The van der Waals surface area contributed by atoms with E-state index in [1.165, 1.54) is 0 Å². The van der Waals surface area contributed by atoms with Crippen LogP contribution in [0.1, 0.15) is 11.4 Å². The summed E-state index contributed by atoms with van der Waals surface area (Å²) in [6.45, 7) is 0.673. The van der Waals surface area contributed by atoms with Crippen LogP contribution in [0.15, 0.2) is 42.5 Å². The van der Waals surface area contributed by atoms with Crippen LogP contribution in [0.2, 0.25) is 5.02 Å². The predicted molar refractivity (Wildman–Crippen MR) is 86.4 cm³/mol. The Morgan fingerprint density at radius 2 is 1.90 bits per heavy atom. The Balaban J connectivity index is 2.05. The van der Waals surface area contributed by atoms with Gasteiger partial charge in [-0.05, 0) is 29.8 Å². The number of aromatic nitrogens is 2. The maximum absolute atomic E-state index is 6.32. The number of methoxy groups -OCH3 is 1. The fraction of sp³-hybridized carbons (Fsp3) is 0.188. The van der Waals surface area contributed by atoms with Crippen molar-refractivity contribution in [1.29, 1.82) is 0 Å². The van der Waals surface area contributed by atoms with Crippen molar-refractivity contribution in [1.82, 2.24) is 9.55 Å². The van der Waals surface area contributed by atoms with E-state index in [4.69, 9.17) is 27.9 Å². The number of ether oxygens (including phenoxy) is 1. The minimum Gasteiger partial charge on any atom is -0.497 e. The van der Waals surface area contributed by atoms with E-state index in [-0.39, 0.29) is 0 Å². The number of para-hydroxylation sites is 1. The Hall–Kier alpha value is -1.71. The van der Waals surface area contributed by atoms with Gasteiger partial charge in [0, 0.05) is 6.54 Å². The highest BCUT2D eigenvalue weighted by Crippen LogP contribution is 2.26. The maximum atomic E-state index is 6.32. The number of rotatable bonds is 4. The molecule has 3 rings (SSSR count). The summed E-state index contributed by atoms with van der Waals surface area (Å²) in [7, 11) is 1.66. The van der Waals surface area contributed by atoms with E-state index in [0.717, 1.165) is 28.2 Å². The quantitative estimate of drug-likeness (QED) is 0.662. The van der Waals surface area contributed by atoms with Crippen molar-refractivity contribution >= 4 is 34.2 Å². The van der Waals surface area contributed by atoms with Crippen LogP contribution in [0.5, 0.6) is 5.75 Å². The lowest BCUT2D eigenvalue weighted by Gasteiger charge is -2.09. The first-order chi connectivity index (χ1) is 10.2. The van der Waals surface area contributed by atoms with Crippen LogP contribution in [-0.4, -0.2) is 16.7 Å². The molecule has 0 spiro atoms. The molecule has 0 saturated heterocycles. The lowest BCUT2D eigenvalue weighted by atomic mass is 10.2. The molecule has 0 radical (unpaired) electrons. The normalized spacial score (nSPS) is 11.0. The highest BCUT2D eigenvalue weighted by atomic mass is 35.5. The van der Waals surface area contributed by atoms with Gasteiger partial charge in [0.05, 0.1) is 29.0 Å². The number of hydrogen-bond acceptors (Lipinski definition) is 2. The average molecular weight is 321 g/mol. The molecular formula is C16H14Cl2N2O. The molecule has 0 amide bonds. The summed E-state index contributed by atoms with van der Waals surface area (Å²) in [6, 6.07) is 13.6. The van der Waals surface area contributed by atoms with Crippen molar-refractivity contribution in [2.24, 2.45) is 0 Å². The third-order valence-corrected chi connectivity index (χ3v) is 3.96. The Morgan fingerprint density at radius 1 is 1.14 bits per heavy atom. The Labute approximate surface area is 133 Å². The number of hydrogen-bond donors (Lipinski definition) is 0. The second-order valence-electron chi connectivity index (χ2n) is 4.70. The standard InChI is InChI=1S/C16H14Cl2N2O/c1-21-12-7-5-11(6-8-12)10-20-15(9-17)19-14-4-2-3-13(18)16(14)20/h2-8H,9-10H2,1H3. The van der Waals surface area contributed by atoms with Crippen molar-refractivity contribution in [3.8, 4) is 5.75 Å². The summed E-state index contributed by atoms with van der Waals surface area (Å²) in [6.07, 6.45) is 0. The number of fused-ring (bicyclic) bond motifs is 1. The van der Waals surface area contributed by atoms with E-state index < -0.39 is 0 Å². The Bertz CT molecular complexity index is 766. The first-order valence-electron chi connectivity index (χ1n) is 6.55. The van der Waals surface area contributed by atoms with Gasteiger partial charge in [-0.1, -0.05) is 29.8 Å². The molecule has 0 aliphatic heterocycles. The number of halogens is 2. The summed E-state index contributed by atoms with van der Waals surface area (Å²) in [5, 5.41) is 0.685. The molecule has 0 saturated carbocycles. The van der Waals surface area contributed by atoms with Crippen LogP contribution in [0.3, 0.4) is 0 Å². The van der Waals surface area contributed by atoms with E-state index >= 15 is 0 Å². The van der Waals surface area contributed by atoms with Crippen molar-refractivity contribution in [2.75, 3.05) is 7.11 Å². The molecule has 1 aromatic heterocycles. The molecule has 21 heavy (non-hydrogen) atoms. The van der Waals surface area contributed by atoms with Gasteiger partial charge in [0.2, 0.25) is 0 Å². The molecule has 0 N–H and O–H groups in total. The van der Waals surface area contributed by atoms with Gasteiger partial charge in [-0.15, -0.1) is 11.6 Å². The van der Waals surface area contributed by atoms with Gasteiger partial charge in [0.15, 0.2) is 0 Å². The lowest BCUT2D eigenvalue weighted by molar-refractivity contribution is 0.414. The van der Waals surface area contributed by atoms with Crippen molar-refractivity contribution in [2.45, 2.75) is 12.4 Å². The molecule has 1 heterocycles. The molecule has 0 aliphatic rings. The van der Waals surface area contributed by atoms with Gasteiger partial charge in [-0.2, -0.15) is 0 Å². The third-order valence-electron chi connectivity index (χ3n) is 3.42. The van der Waals surface area contributed by atoms with Crippen molar-refractivity contribution in [3.63, 3.8) is 0 Å².